The second-order valence-corrected chi connectivity index (χ2v) is 12.4. The number of amides is 5. The van der Waals surface area contributed by atoms with Gasteiger partial charge in [0.1, 0.15) is 6.04 Å². The van der Waals surface area contributed by atoms with Crippen molar-refractivity contribution in [2.75, 3.05) is 31.6 Å². The average molecular weight is 661 g/mol. The molecule has 1 unspecified atom stereocenters. The molecule has 1 aromatic heterocycles. The van der Waals surface area contributed by atoms with Crippen molar-refractivity contribution in [3.05, 3.63) is 70.0 Å². The summed E-state index contributed by atoms with van der Waals surface area (Å²) in [6.07, 6.45) is 6.29. The second kappa shape index (κ2) is 12.7. The van der Waals surface area contributed by atoms with Crippen LogP contribution in [0.2, 0.25) is 5.02 Å². The molecule has 4 aliphatic heterocycles. The summed E-state index contributed by atoms with van der Waals surface area (Å²) >= 11 is 6.59. The number of ether oxygens (including phenoxy) is 2. The first-order chi connectivity index (χ1) is 22.8. The van der Waals surface area contributed by atoms with Crippen molar-refractivity contribution in [3.8, 4) is 11.5 Å². The van der Waals surface area contributed by atoms with Gasteiger partial charge in [-0.3, -0.25) is 38.9 Å². The van der Waals surface area contributed by atoms with Gasteiger partial charge in [-0.05, 0) is 43.0 Å². The van der Waals surface area contributed by atoms with Gasteiger partial charge >= 0.3 is 0 Å². The number of aromatic nitrogens is 2. The van der Waals surface area contributed by atoms with E-state index in [0.717, 1.165) is 29.7 Å². The van der Waals surface area contributed by atoms with Gasteiger partial charge in [0.15, 0.2) is 11.5 Å². The Bertz CT molecular complexity index is 1780. The fourth-order valence-corrected chi connectivity index (χ4v) is 6.84. The summed E-state index contributed by atoms with van der Waals surface area (Å²) in [5.74, 6) is -1.07. The zero-order valence-corrected chi connectivity index (χ0v) is 26.3. The quantitative estimate of drug-likeness (QED) is 0.364. The molecule has 2 N–H and O–H groups in total. The van der Waals surface area contributed by atoms with Crippen molar-refractivity contribution < 1.29 is 33.4 Å². The number of rotatable bonds is 7. The molecule has 2 fully saturated rings. The molecule has 0 saturated carbocycles. The molecule has 5 heterocycles. The maximum Gasteiger partial charge on any atom is 0.264 e. The molecule has 0 aliphatic carbocycles. The van der Waals surface area contributed by atoms with E-state index >= 15 is 0 Å². The van der Waals surface area contributed by atoms with Gasteiger partial charge in [-0.15, -0.1) is 0 Å². The molecule has 7 rings (SSSR count). The number of hydrogen-bond acceptors (Lipinski definition) is 9. The van der Waals surface area contributed by atoms with Crippen LogP contribution in [-0.4, -0.2) is 81.5 Å². The minimum Gasteiger partial charge on any atom is -0.490 e. The SMILES string of the molecule is O=C1CCC(N2C(=O)c3cccc(NCc4cnn(C5CCN(C(=O)Cc6ccc7c(c6Cl)OCCCO7)CC5)c4)c3C2=O)C(=O)N1. The molecule has 3 aromatic rings. The van der Waals surface area contributed by atoms with Crippen molar-refractivity contribution in [1.82, 2.24) is 24.9 Å². The Hall–Kier alpha value is -4.91. The normalized spacial score (nSPS) is 19.8. The van der Waals surface area contributed by atoms with Gasteiger partial charge in [-0.25, -0.2) is 0 Å². The van der Waals surface area contributed by atoms with Crippen LogP contribution >= 0.6 is 11.6 Å². The average Bonchev–Trinajstić information content (AvgIpc) is 3.54. The summed E-state index contributed by atoms with van der Waals surface area (Å²) in [6.45, 7) is 2.62. The highest BCUT2D eigenvalue weighted by Gasteiger charge is 2.45. The third kappa shape index (κ3) is 5.91. The zero-order valence-electron chi connectivity index (χ0n) is 25.5. The van der Waals surface area contributed by atoms with E-state index in [1.165, 1.54) is 0 Å². The monoisotopic (exact) mass is 660 g/mol. The lowest BCUT2D eigenvalue weighted by molar-refractivity contribution is -0.136. The first-order valence-corrected chi connectivity index (χ1v) is 16.1. The Morgan fingerprint density at radius 3 is 2.64 bits per heavy atom. The van der Waals surface area contributed by atoms with Crippen LogP contribution < -0.4 is 20.1 Å². The van der Waals surface area contributed by atoms with E-state index < -0.39 is 29.7 Å². The minimum atomic E-state index is -1.02. The molecule has 4 aliphatic rings. The van der Waals surface area contributed by atoms with E-state index in [1.54, 1.807) is 24.4 Å². The molecule has 47 heavy (non-hydrogen) atoms. The van der Waals surface area contributed by atoms with Crippen molar-refractivity contribution in [2.45, 2.75) is 57.2 Å². The number of fused-ring (bicyclic) bond motifs is 2. The number of piperidine rings is 2. The fourth-order valence-electron chi connectivity index (χ4n) is 6.56. The predicted molar refractivity (Wildman–Crippen MR) is 168 cm³/mol. The van der Waals surface area contributed by atoms with E-state index in [2.05, 4.69) is 15.7 Å². The number of carbonyl (C=O) groups is 5. The minimum absolute atomic E-state index is 0.00443. The summed E-state index contributed by atoms with van der Waals surface area (Å²) in [6, 6.07) is 7.69. The van der Waals surface area contributed by atoms with Crippen molar-refractivity contribution in [3.63, 3.8) is 0 Å². The van der Waals surface area contributed by atoms with Gasteiger partial charge in [0, 0.05) is 49.9 Å². The van der Waals surface area contributed by atoms with Gasteiger partial charge in [-0.1, -0.05) is 23.7 Å². The summed E-state index contributed by atoms with van der Waals surface area (Å²) < 4.78 is 13.4. The van der Waals surface area contributed by atoms with E-state index in [-0.39, 0.29) is 42.3 Å². The van der Waals surface area contributed by atoms with Crippen molar-refractivity contribution in [2.24, 2.45) is 0 Å². The number of hydrogen-bond donors (Lipinski definition) is 2. The number of carbonyl (C=O) groups excluding carboxylic acids is 5. The molecule has 14 heteroatoms. The van der Waals surface area contributed by atoms with Crippen LogP contribution in [0.15, 0.2) is 42.7 Å². The highest BCUT2D eigenvalue weighted by molar-refractivity contribution is 6.33. The van der Waals surface area contributed by atoms with Gasteiger partial charge in [0.2, 0.25) is 17.7 Å². The number of nitrogens with zero attached hydrogens (tertiary/aromatic N) is 4. The van der Waals surface area contributed by atoms with E-state index in [9.17, 15) is 24.0 Å². The topological polar surface area (TPSA) is 152 Å². The van der Waals surface area contributed by atoms with Crippen LogP contribution in [0.1, 0.15) is 70.0 Å². The van der Waals surface area contributed by atoms with Crippen LogP contribution in [0.5, 0.6) is 11.5 Å². The number of benzene rings is 2. The molecule has 0 radical (unpaired) electrons. The lowest BCUT2D eigenvalue weighted by atomic mass is 10.0. The highest BCUT2D eigenvalue weighted by Crippen LogP contribution is 2.39. The smallest absolute Gasteiger partial charge is 0.264 e. The summed E-state index contributed by atoms with van der Waals surface area (Å²) in [5, 5.41) is 10.5. The standard InChI is InChI=1S/C33H33ClN6O7/c34-29-20(5-7-25-30(29)47-14-2-13-46-25)15-27(42)38-11-9-21(10-12-38)39-18-19(17-36-39)16-35-23-4-1-3-22-28(23)33(45)40(32(22)44)24-6-8-26(41)37-31(24)43/h1,3-5,7,17-18,21,24,35H,2,6,8-16H2,(H,37,41,43). The molecule has 0 bridgehead atoms. The van der Waals surface area contributed by atoms with Crippen LogP contribution in [0.25, 0.3) is 0 Å². The molecule has 13 nitrogen and oxygen atoms in total. The molecule has 2 saturated heterocycles. The molecule has 2 aromatic carbocycles. The van der Waals surface area contributed by atoms with Gasteiger partial charge in [-0.2, -0.15) is 5.10 Å². The number of nitrogens with one attached hydrogen (secondary N) is 2. The van der Waals surface area contributed by atoms with Crippen molar-refractivity contribution in [1.29, 1.82) is 0 Å². The lowest BCUT2D eigenvalue weighted by Gasteiger charge is -2.32. The van der Waals surface area contributed by atoms with E-state index in [0.29, 0.717) is 60.6 Å². The Labute approximate surface area is 275 Å². The number of likely N-dealkylation sites (tertiary alicyclic amines) is 1. The van der Waals surface area contributed by atoms with Gasteiger partial charge < -0.3 is 19.7 Å². The third-order valence-corrected chi connectivity index (χ3v) is 9.49. The lowest BCUT2D eigenvalue weighted by Crippen LogP contribution is -2.54. The van der Waals surface area contributed by atoms with Crippen LogP contribution in [0.4, 0.5) is 5.69 Å². The summed E-state index contributed by atoms with van der Waals surface area (Å²) in [7, 11) is 0. The first-order valence-electron chi connectivity index (χ1n) is 15.7. The van der Waals surface area contributed by atoms with Crippen molar-refractivity contribution >= 4 is 46.8 Å². The van der Waals surface area contributed by atoms with Crippen LogP contribution in [0, 0.1) is 0 Å². The Kier molecular flexibility index (Phi) is 8.31. The third-order valence-electron chi connectivity index (χ3n) is 9.07. The highest BCUT2D eigenvalue weighted by atomic mass is 35.5. The number of imide groups is 2. The number of halogens is 1. The summed E-state index contributed by atoms with van der Waals surface area (Å²) in [5.41, 5.74) is 2.49. The summed E-state index contributed by atoms with van der Waals surface area (Å²) in [4.78, 5) is 66.5. The molecular formula is C33H33ClN6O7. The Balaban J connectivity index is 0.947. The Morgan fingerprint density at radius 2 is 1.83 bits per heavy atom. The van der Waals surface area contributed by atoms with Gasteiger partial charge in [0.05, 0.1) is 48.0 Å². The second-order valence-electron chi connectivity index (χ2n) is 12.1. The predicted octanol–water partition coefficient (Wildman–Crippen LogP) is 3.12. The molecule has 244 valence electrons. The first kappa shape index (κ1) is 30.7. The van der Waals surface area contributed by atoms with Crippen LogP contribution in [0.3, 0.4) is 0 Å². The fraction of sp³-hybridized carbons (Fsp3) is 0.394. The molecular weight excluding hydrogens is 628 g/mol. The largest absolute Gasteiger partial charge is 0.490 e. The maximum atomic E-state index is 13.4. The van der Waals surface area contributed by atoms with E-state index in [4.69, 9.17) is 21.1 Å². The van der Waals surface area contributed by atoms with E-state index in [1.807, 2.05) is 27.9 Å². The maximum absolute atomic E-state index is 13.4. The Morgan fingerprint density at radius 1 is 1.02 bits per heavy atom. The molecule has 1 atom stereocenters. The molecule has 0 spiro atoms. The van der Waals surface area contributed by atoms with Crippen LogP contribution in [-0.2, 0) is 27.3 Å². The van der Waals surface area contributed by atoms with Gasteiger partial charge in [0.25, 0.3) is 11.8 Å². The molecule has 5 amide bonds. The number of anilines is 1. The zero-order chi connectivity index (χ0) is 32.7.